The second-order valence-corrected chi connectivity index (χ2v) is 4.18. The minimum absolute atomic E-state index is 0.199. The van der Waals surface area contributed by atoms with Crippen molar-refractivity contribution in [2.24, 2.45) is 5.73 Å². The maximum Gasteiger partial charge on any atom is 0.404 e. The summed E-state index contributed by atoms with van der Waals surface area (Å²) in [4.78, 5) is 14.3. The van der Waals surface area contributed by atoms with Crippen LogP contribution in [0.3, 0.4) is 0 Å². The van der Waals surface area contributed by atoms with Crippen molar-refractivity contribution in [1.82, 2.24) is 15.2 Å². The number of ether oxygens (including phenoxy) is 1. The van der Waals surface area contributed by atoms with Gasteiger partial charge in [0.05, 0.1) is 5.56 Å². The predicted octanol–water partition coefficient (Wildman–Crippen LogP) is 1.32. The molecule has 0 unspecified atom stereocenters. The molecule has 0 atom stereocenters. The van der Waals surface area contributed by atoms with E-state index < -0.39 is 6.09 Å². The molecule has 0 radical (unpaired) electrons. The molecule has 2 heterocycles. The Labute approximate surface area is 107 Å². The molecule has 0 aliphatic rings. The average Bonchev–Trinajstić information content (AvgIpc) is 2.84. The highest BCUT2D eigenvalue weighted by Gasteiger charge is 2.08. The van der Waals surface area contributed by atoms with E-state index in [4.69, 9.17) is 10.2 Å². The molecule has 0 aliphatic carbocycles. The van der Waals surface area contributed by atoms with E-state index in [1.807, 2.05) is 6.07 Å². The van der Waals surface area contributed by atoms with Gasteiger partial charge in [0.15, 0.2) is 0 Å². The van der Waals surface area contributed by atoms with Crippen molar-refractivity contribution in [3.05, 3.63) is 24.5 Å². The van der Waals surface area contributed by atoms with Gasteiger partial charge >= 0.3 is 6.09 Å². The van der Waals surface area contributed by atoms with E-state index in [0.717, 1.165) is 5.56 Å². The normalized spacial score (nSPS) is 10.2. The van der Waals surface area contributed by atoms with Gasteiger partial charge in [-0.3, -0.25) is 4.98 Å². The van der Waals surface area contributed by atoms with E-state index in [1.54, 1.807) is 18.5 Å². The van der Waals surface area contributed by atoms with Gasteiger partial charge in [0, 0.05) is 18.1 Å². The predicted molar refractivity (Wildman–Crippen MR) is 63.8 cm³/mol. The Morgan fingerprint density at radius 1 is 1.50 bits per heavy atom. The number of aromatic nitrogens is 3. The van der Waals surface area contributed by atoms with Crippen molar-refractivity contribution in [2.75, 3.05) is 12.4 Å². The number of carbonyl (C=O) groups excluding carboxylic acids is 1. The Bertz CT molecular complexity index is 517. The minimum Gasteiger partial charge on any atom is -0.449 e. The molecule has 2 rings (SSSR count). The summed E-state index contributed by atoms with van der Waals surface area (Å²) in [7, 11) is 0. The van der Waals surface area contributed by atoms with Gasteiger partial charge in [-0.05, 0) is 12.1 Å². The number of hydrogen-bond donors (Lipinski definition) is 1. The zero-order chi connectivity index (χ0) is 12.8. The number of primary amides is 1. The largest absolute Gasteiger partial charge is 0.449 e. The van der Waals surface area contributed by atoms with Crippen LogP contribution in [0, 0.1) is 0 Å². The van der Waals surface area contributed by atoms with Crippen LogP contribution in [0.15, 0.2) is 34.2 Å². The molecular weight excluding hydrogens is 256 g/mol. The molecule has 0 saturated heterocycles. The Morgan fingerprint density at radius 2 is 2.39 bits per heavy atom. The Kier molecular flexibility index (Phi) is 4.13. The molecule has 94 valence electrons. The SMILES string of the molecule is NC(=O)OCCSc1nnc(-c2cccnc2)o1. The average molecular weight is 266 g/mol. The van der Waals surface area contributed by atoms with Gasteiger partial charge < -0.3 is 14.9 Å². The first kappa shape index (κ1) is 12.4. The fourth-order valence-corrected chi connectivity index (χ4v) is 1.72. The van der Waals surface area contributed by atoms with E-state index in [0.29, 0.717) is 16.9 Å². The van der Waals surface area contributed by atoms with Gasteiger partial charge in [0.1, 0.15) is 6.61 Å². The summed E-state index contributed by atoms with van der Waals surface area (Å²) in [5, 5.41) is 8.15. The van der Waals surface area contributed by atoms with Gasteiger partial charge in [0.2, 0.25) is 5.89 Å². The van der Waals surface area contributed by atoms with Crippen LogP contribution in [-0.2, 0) is 4.74 Å². The van der Waals surface area contributed by atoms with E-state index in [1.165, 1.54) is 11.8 Å². The second kappa shape index (κ2) is 6.01. The summed E-state index contributed by atoms with van der Waals surface area (Å²) in [5.74, 6) is 0.902. The first-order valence-electron chi connectivity index (χ1n) is 5.04. The molecule has 0 bridgehead atoms. The highest BCUT2D eigenvalue weighted by atomic mass is 32.2. The van der Waals surface area contributed by atoms with Crippen LogP contribution in [0.25, 0.3) is 11.5 Å². The standard InChI is InChI=1S/C10H10N4O3S/c11-9(15)16-4-5-18-10-14-13-8(17-10)7-2-1-3-12-6-7/h1-3,6H,4-5H2,(H2,11,15). The fourth-order valence-electron chi connectivity index (χ4n) is 1.15. The highest BCUT2D eigenvalue weighted by Crippen LogP contribution is 2.21. The number of nitrogens with zero attached hydrogens (tertiary/aromatic N) is 3. The van der Waals surface area contributed by atoms with Crippen LogP contribution in [-0.4, -0.2) is 33.6 Å². The number of pyridine rings is 1. The van der Waals surface area contributed by atoms with E-state index >= 15 is 0 Å². The summed E-state index contributed by atoms with van der Waals surface area (Å²) in [6.07, 6.45) is 2.51. The zero-order valence-electron chi connectivity index (χ0n) is 9.28. The summed E-state index contributed by atoms with van der Waals surface area (Å²) in [6.45, 7) is 0.199. The van der Waals surface area contributed by atoms with Gasteiger partial charge in [-0.15, -0.1) is 10.2 Å². The Morgan fingerprint density at radius 3 is 3.11 bits per heavy atom. The zero-order valence-corrected chi connectivity index (χ0v) is 10.1. The molecule has 2 aromatic heterocycles. The molecule has 7 nitrogen and oxygen atoms in total. The molecule has 8 heteroatoms. The first-order valence-corrected chi connectivity index (χ1v) is 6.03. The lowest BCUT2D eigenvalue weighted by atomic mass is 10.3. The van der Waals surface area contributed by atoms with E-state index in [9.17, 15) is 4.79 Å². The topological polar surface area (TPSA) is 104 Å². The second-order valence-electron chi connectivity index (χ2n) is 3.13. The number of hydrogen-bond acceptors (Lipinski definition) is 7. The van der Waals surface area contributed by atoms with Crippen molar-refractivity contribution < 1.29 is 13.9 Å². The van der Waals surface area contributed by atoms with Crippen molar-refractivity contribution in [2.45, 2.75) is 5.22 Å². The van der Waals surface area contributed by atoms with Crippen molar-refractivity contribution >= 4 is 17.9 Å². The number of nitrogens with two attached hydrogens (primary N) is 1. The monoisotopic (exact) mass is 266 g/mol. The molecule has 0 aliphatic heterocycles. The summed E-state index contributed by atoms with van der Waals surface area (Å²) >= 11 is 1.28. The Hall–Kier alpha value is -2.09. The molecule has 0 saturated carbocycles. The maximum absolute atomic E-state index is 10.3. The van der Waals surface area contributed by atoms with Crippen LogP contribution >= 0.6 is 11.8 Å². The third-order valence-corrected chi connectivity index (χ3v) is 2.65. The quantitative estimate of drug-likeness (QED) is 0.642. The third kappa shape index (κ3) is 3.45. The smallest absolute Gasteiger partial charge is 0.404 e. The van der Waals surface area contributed by atoms with Crippen LogP contribution in [0.1, 0.15) is 0 Å². The van der Waals surface area contributed by atoms with Gasteiger partial charge in [-0.1, -0.05) is 11.8 Å². The summed E-state index contributed by atoms with van der Waals surface area (Å²) < 4.78 is 9.98. The van der Waals surface area contributed by atoms with Crippen LogP contribution in [0.2, 0.25) is 0 Å². The number of carbonyl (C=O) groups is 1. The lowest BCUT2D eigenvalue weighted by Crippen LogP contribution is -2.14. The van der Waals surface area contributed by atoms with Gasteiger partial charge in [0.25, 0.3) is 5.22 Å². The van der Waals surface area contributed by atoms with E-state index in [2.05, 4.69) is 19.9 Å². The molecule has 2 N–H and O–H groups in total. The lowest BCUT2D eigenvalue weighted by molar-refractivity contribution is 0.164. The fraction of sp³-hybridized carbons (Fsp3) is 0.200. The molecule has 1 amide bonds. The molecule has 18 heavy (non-hydrogen) atoms. The molecular formula is C10H10N4O3S. The third-order valence-electron chi connectivity index (χ3n) is 1.87. The summed E-state index contributed by atoms with van der Waals surface area (Å²) in [6, 6.07) is 3.61. The van der Waals surface area contributed by atoms with Crippen molar-refractivity contribution in [3.63, 3.8) is 0 Å². The maximum atomic E-state index is 10.3. The molecule has 2 aromatic rings. The minimum atomic E-state index is -0.794. The van der Waals surface area contributed by atoms with Crippen LogP contribution in [0.5, 0.6) is 0 Å². The van der Waals surface area contributed by atoms with Crippen LogP contribution < -0.4 is 5.73 Å². The van der Waals surface area contributed by atoms with Crippen molar-refractivity contribution in [1.29, 1.82) is 0 Å². The number of rotatable bonds is 5. The van der Waals surface area contributed by atoms with Gasteiger partial charge in [-0.25, -0.2) is 4.79 Å². The van der Waals surface area contributed by atoms with Gasteiger partial charge in [-0.2, -0.15) is 0 Å². The number of thioether (sulfide) groups is 1. The Balaban J connectivity index is 1.89. The van der Waals surface area contributed by atoms with Crippen molar-refractivity contribution in [3.8, 4) is 11.5 Å². The van der Waals surface area contributed by atoms with E-state index in [-0.39, 0.29) is 6.61 Å². The lowest BCUT2D eigenvalue weighted by Gasteiger charge is -1.97. The first-order chi connectivity index (χ1) is 8.75. The highest BCUT2D eigenvalue weighted by molar-refractivity contribution is 7.99. The molecule has 0 fully saturated rings. The van der Waals surface area contributed by atoms with Crippen LogP contribution in [0.4, 0.5) is 4.79 Å². The number of amides is 1. The molecule has 0 spiro atoms. The summed E-state index contributed by atoms with van der Waals surface area (Å²) in [5.41, 5.74) is 5.58. The molecule has 0 aromatic carbocycles.